The molecule has 4 N–H and O–H groups in total. The molecule has 1 aliphatic rings. The lowest BCUT2D eigenvalue weighted by atomic mass is 10.2. The summed E-state index contributed by atoms with van der Waals surface area (Å²) in [7, 11) is 0. The van der Waals surface area contributed by atoms with Crippen LogP contribution in [0.15, 0.2) is 36.5 Å². The van der Waals surface area contributed by atoms with Gasteiger partial charge < -0.3 is 16.4 Å². The number of anilines is 3. The first kappa shape index (κ1) is 17.3. The molecule has 0 aliphatic carbocycles. The summed E-state index contributed by atoms with van der Waals surface area (Å²) in [5.41, 5.74) is 7.86. The van der Waals surface area contributed by atoms with E-state index in [0.29, 0.717) is 46.9 Å². The van der Waals surface area contributed by atoms with Crippen molar-refractivity contribution in [3.63, 3.8) is 0 Å². The fourth-order valence-electron chi connectivity index (χ4n) is 3.35. The lowest BCUT2D eigenvalue weighted by Gasteiger charge is -2.20. The second kappa shape index (κ2) is 6.66. The second-order valence-corrected chi connectivity index (χ2v) is 6.63. The molecule has 0 amide bonds. The van der Waals surface area contributed by atoms with Crippen molar-refractivity contribution in [1.82, 2.24) is 24.7 Å². The van der Waals surface area contributed by atoms with Gasteiger partial charge in [-0.2, -0.15) is 5.10 Å². The Balaban J connectivity index is 1.68. The average molecular weight is 394 g/mol. The highest BCUT2D eigenvalue weighted by Crippen LogP contribution is 2.32. The first-order valence-corrected chi connectivity index (χ1v) is 9.01. The number of benzene rings is 1. The summed E-state index contributed by atoms with van der Waals surface area (Å²) in [4.78, 5) is 13.0. The van der Waals surface area contributed by atoms with Crippen molar-refractivity contribution in [2.75, 3.05) is 29.5 Å². The largest absolute Gasteiger partial charge is 0.382 e. The van der Waals surface area contributed by atoms with E-state index in [2.05, 4.69) is 30.7 Å². The normalized spacial score (nSPS) is 13.0. The molecule has 10 heteroatoms. The molecule has 4 aromatic rings. The van der Waals surface area contributed by atoms with Gasteiger partial charge in [0.2, 0.25) is 0 Å². The number of rotatable bonds is 3. The van der Waals surface area contributed by atoms with Crippen molar-refractivity contribution in [3.05, 3.63) is 53.7 Å². The van der Waals surface area contributed by atoms with Crippen LogP contribution >= 0.6 is 0 Å². The lowest BCUT2D eigenvalue weighted by molar-refractivity contribution is 0.588. The Bertz CT molecular complexity index is 1240. The molecule has 1 aromatic carbocycles. The highest BCUT2D eigenvalue weighted by Gasteiger charge is 2.21. The van der Waals surface area contributed by atoms with Gasteiger partial charge in [-0.05, 0) is 12.1 Å². The molecule has 0 radical (unpaired) electrons. The minimum absolute atomic E-state index is 0.127. The number of nitrogens with two attached hydrogens (primary N) is 1. The maximum atomic E-state index is 14.1. The number of halogens is 2. The van der Waals surface area contributed by atoms with E-state index in [1.807, 2.05) is 0 Å². The van der Waals surface area contributed by atoms with Crippen LogP contribution in [0, 0.1) is 11.6 Å². The van der Waals surface area contributed by atoms with Crippen LogP contribution < -0.4 is 16.4 Å². The van der Waals surface area contributed by atoms with E-state index in [4.69, 9.17) is 5.73 Å². The smallest absolute Gasteiger partial charge is 0.184 e. The maximum Gasteiger partial charge on any atom is 0.184 e. The molecular formula is C19H16F2N8. The van der Waals surface area contributed by atoms with Crippen molar-refractivity contribution in [3.8, 4) is 11.5 Å². The van der Waals surface area contributed by atoms with Gasteiger partial charge in [0.15, 0.2) is 23.1 Å². The van der Waals surface area contributed by atoms with Gasteiger partial charge in [-0.15, -0.1) is 0 Å². The van der Waals surface area contributed by atoms with Gasteiger partial charge in [-0.3, -0.25) is 0 Å². The number of fused-ring (bicyclic) bond motifs is 2. The van der Waals surface area contributed by atoms with Crippen LogP contribution in [0.25, 0.3) is 22.6 Å². The average Bonchev–Trinajstić information content (AvgIpc) is 3.07. The summed E-state index contributed by atoms with van der Waals surface area (Å²) < 4.78 is 29.6. The van der Waals surface area contributed by atoms with Gasteiger partial charge in [-0.1, -0.05) is 18.2 Å². The van der Waals surface area contributed by atoms with Crippen LogP contribution in [0.2, 0.25) is 0 Å². The van der Waals surface area contributed by atoms with Crippen LogP contribution in [-0.4, -0.2) is 37.8 Å². The van der Waals surface area contributed by atoms with Crippen LogP contribution in [-0.2, 0) is 6.54 Å². The minimum atomic E-state index is -0.519. The Morgan fingerprint density at radius 1 is 1.10 bits per heavy atom. The Morgan fingerprint density at radius 2 is 1.93 bits per heavy atom. The molecule has 0 fully saturated rings. The number of hydrogen-bond donors (Lipinski definition) is 3. The van der Waals surface area contributed by atoms with Crippen molar-refractivity contribution in [2.24, 2.45) is 0 Å². The van der Waals surface area contributed by atoms with Gasteiger partial charge in [0.25, 0.3) is 0 Å². The minimum Gasteiger partial charge on any atom is -0.382 e. The summed E-state index contributed by atoms with van der Waals surface area (Å²) in [5, 5.41) is 11.2. The zero-order chi connectivity index (χ0) is 20.0. The number of nitrogens with zero attached hydrogens (tertiary/aromatic N) is 5. The predicted molar refractivity (Wildman–Crippen MR) is 105 cm³/mol. The standard InChI is InChI=1S/C19H16F2N8/c20-11-7-12-14(18-26-16(22)15-17(27-18)24-6-5-23-15)28-29(19(12)25-8-11)9-10-3-1-2-4-13(10)21/h1-4,7-8,23H,5-6,9H2,(H3,22,24,26,27). The summed E-state index contributed by atoms with van der Waals surface area (Å²) in [6.07, 6.45) is 1.10. The highest BCUT2D eigenvalue weighted by atomic mass is 19.1. The van der Waals surface area contributed by atoms with Gasteiger partial charge in [0.05, 0.1) is 18.1 Å². The summed E-state index contributed by atoms with van der Waals surface area (Å²) >= 11 is 0. The number of pyridine rings is 1. The number of aromatic nitrogens is 5. The van der Waals surface area contributed by atoms with Crippen molar-refractivity contribution < 1.29 is 8.78 Å². The predicted octanol–water partition coefficient (Wildman–Crippen LogP) is 2.63. The zero-order valence-corrected chi connectivity index (χ0v) is 15.2. The Kier molecular flexibility index (Phi) is 3.97. The topological polar surface area (TPSA) is 107 Å². The van der Waals surface area contributed by atoms with Crippen molar-refractivity contribution in [1.29, 1.82) is 0 Å². The van der Waals surface area contributed by atoms with Crippen LogP contribution in [0.5, 0.6) is 0 Å². The van der Waals surface area contributed by atoms with E-state index in [-0.39, 0.29) is 24.0 Å². The third-order valence-corrected chi connectivity index (χ3v) is 4.70. The molecule has 0 saturated carbocycles. The summed E-state index contributed by atoms with van der Waals surface area (Å²) in [6.45, 7) is 1.51. The lowest BCUT2D eigenvalue weighted by Crippen LogP contribution is -2.23. The van der Waals surface area contributed by atoms with Gasteiger partial charge in [0.1, 0.15) is 23.0 Å². The van der Waals surface area contributed by atoms with Crippen LogP contribution in [0.1, 0.15) is 5.56 Å². The first-order chi connectivity index (χ1) is 14.1. The number of hydrogen-bond acceptors (Lipinski definition) is 7. The Labute approximate surface area is 163 Å². The molecule has 1 aliphatic heterocycles. The van der Waals surface area contributed by atoms with Gasteiger partial charge in [-0.25, -0.2) is 28.4 Å². The van der Waals surface area contributed by atoms with Gasteiger partial charge >= 0.3 is 0 Å². The van der Waals surface area contributed by atoms with Crippen molar-refractivity contribution >= 4 is 28.4 Å². The molecule has 29 heavy (non-hydrogen) atoms. The number of nitrogens with one attached hydrogen (secondary N) is 2. The fraction of sp³-hybridized carbons (Fsp3) is 0.158. The quantitative estimate of drug-likeness (QED) is 0.490. The molecule has 0 unspecified atom stereocenters. The van der Waals surface area contributed by atoms with E-state index >= 15 is 0 Å². The Hall–Kier alpha value is -3.82. The summed E-state index contributed by atoms with van der Waals surface area (Å²) in [5.74, 6) is 0.180. The van der Waals surface area contributed by atoms with E-state index in [1.54, 1.807) is 18.2 Å². The molecule has 0 spiro atoms. The molecule has 0 saturated heterocycles. The number of nitrogen functional groups attached to an aromatic ring is 1. The third-order valence-electron chi connectivity index (χ3n) is 4.70. The van der Waals surface area contributed by atoms with E-state index in [9.17, 15) is 8.78 Å². The molecule has 0 bridgehead atoms. The van der Waals surface area contributed by atoms with E-state index in [0.717, 1.165) is 6.20 Å². The molecule has 0 atom stereocenters. The fourth-order valence-corrected chi connectivity index (χ4v) is 3.35. The molecule has 3 aromatic heterocycles. The molecule has 8 nitrogen and oxygen atoms in total. The second-order valence-electron chi connectivity index (χ2n) is 6.63. The van der Waals surface area contributed by atoms with Gasteiger partial charge in [0, 0.05) is 18.7 Å². The monoisotopic (exact) mass is 394 g/mol. The molecule has 146 valence electrons. The first-order valence-electron chi connectivity index (χ1n) is 9.01. The SMILES string of the molecule is Nc1nc(-c2nn(Cc3ccccc3F)c3ncc(F)cc23)nc2c1NCCN2. The Morgan fingerprint density at radius 3 is 2.79 bits per heavy atom. The maximum absolute atomic E-state index is 14.1. The zero-order valence-electron chi connectivity index (χ0n) is 15.2. The molecular weight excluding hydrogens is 378 g/mol. The highest BCUT2D eigenvalue weighted by molar-refractivity contribution is 5.91. The van der Waals surface area contributed by atoms with E-state index < -0.39 is 5.82 Å². The van der Waals surface area contributed by atoms with Crippen LogP contribution in [0.4, 0.5) is 26.1 Å². The van der Waals surface area contributed by atoms with E-state index in [1.165, 1.54) is 16.8 Å². The van der Waals surface area contributed by atoms with Crippen LogP contribution in [0.3, 0.4) is 0 Å². The molecule has 4 heterocycles. The third kappa shape index (κ3) is 2.98. The van der Waals surface area contributed by atoms with Crippen molar-refractivity contribution in [2.45, 2.75) is 6.54 Å². The molecule has 5 rings (SSSR count). The summed E-state index contributed by atoms with van der Waals surface area (Å²) in [6, 6.07) is 7.71.